The van der Waals surface area contributed by atoms with Crippen molar-refractivity contribution in [3.8, 4) is 0 Å². The third-order valence-electron chi connectivity index (χ3n) is 1.98. The van der Waals surface area contributed by atoms with Crippen LogP contribution in [0.4, 0.5) is 13.2 Å². The van der Waals surface area contributed by atoms with Gasteiger partial charge in [0.2, 0.25) is 0 Å². The first-order valence-corrected chi connectivity index (χ1v) is 4.85. The lowest BCUT2D eigenvalue weighted by Gasteiger charge is -2.34. The summed E-state index contributed by atoms with van der Waals surface area (Å²) in [4.78, 5) is 4.47. The maximum Gasteiger partial charge on any atom is 0.416 e. The van der Waals surface area contributed by atoms with Crippen molar-refractivity contribution >= 4 is 0 Å². The molecule has 6 heteroatoms. The zero-order chi connectivity index (χ0) is 13.1. The van der Waals surface area contributed by atoms with Gasteiger partial charge in [-0.1, -0.05) is 0 Å². The Balaban J connectivity index is 5.31. The Hall–Kier alpha value is -0.750. The summed E-state index contributed by atoms with van der Waals surface area (Å²) in [5.41, 5.74) is -0.576. The lowest BCUT2D eigenvalue weighted by atomic mass is 10.1. The summed E-state index contributed by atoms with van der Waals surface area (Å²) >= 11 is 0. The van der Waals surface area contributed by atoms with E-state index in [2.05, 4.69) is 0 Å². The average molecular weight is 239 g/mol. The van der Waals surface area contributed by atoms with Crippen LogP contribution in [0, 0.1) is 0 Å². The van der Waals surface area contributed by atoms with Gasteiger partial charge in [0.05, 0.1) is 11.7 Å². The van der Waals surface area contributed by atoms with Crippen LogP contribution in [0.5, 0.6) is 0 Å². The highest BCUT2D eigenvalue weighted by atomic mass is 19.4. The summed E-state index contributed by atoms with van der Waals surface area (Å²) in [6.07, 6.45) is -4.00. The molecule has 96 valence electrons. The lowest BCUT2D eigenvalue weighted by molar-refractivity contribution is -0.109. The molecule has 0 aromatic rings. The molecular weight excluding hydrogens is 219 g/mol. The van der Waals surface area contributed by atoms with Gasteiger partial charge in [0.1, 0.15) is 0 Å². The molecule has 0 fully saturated rings. The van der Waals surface area contributed by atoms with Crippen molar-refractivity contribution in [2.24, 2.45) is 0 Å². The molecule has 0 rings (SSSR count). The predicted octanol–water partition coefficient (Wildman–Crippen LogP) is 1.44. The Labute approximate surface area is 95.1 Å². The monoisotopic (exact) mass is 239 g/mol. The van der Waals surface area contributed by atoms with Crippen molar-refractivity contribution < 1.29 is 13.2 Å². The van der Waals surface area contributed by atoms with Gasteiger partial charge >= 0.3 is 6.18 Å². The molecule has 0 aromatic carbocycles. The molecule has 0 amide bonds. The van der Waals surface area contributed by atoms with Crippen molar-refractivity contribution in [3.05, 3.63) is 11.8 Å². The topological polar surface area (TPSA) is 9.72 Å². The highest BCUT2D eigenvalue weighted by Crippen LogP contribution is 2.30. The van der Waals surface area contributed by atoms with Gasteiger partial charge in [-0.15, -0.1) is 0 Å². The van der Waals surface area contributed by atoms with E-state index in [4.69, 9.17) is 0 Å². The molecule has 0 aliphatic carbocycles. The van der Waals surface area contributed by atoms with Crippen LogP contribution in [0.3, 0.4) is 0 Å². The molecule has 0 N–H and O–H groups in total. The molecule has 0 heterocycles. The predicted molar refractivity (Wildman–Crippen MR) is 59.0 cm³/mol. The van der Waals surface area contributed by atoms with Gasteiger partial charge in [0.25, 0.3) is 0 Å². The molecule has 0 aliphatic heterocycles. The fraction of sp³-hybridized carbons (Fsp3) is 0.800. The second-order valence-electron chi connectivity index (χ2n) is 4.35. The molecule has 0 spiro atoms. The smallest absolute Gasteiger partial charge is 0.383 e. The average Bonchev–Trinajstić information content (AvgIpc) is 1.98. The van der Waals surface area contributed by atoms with Gasteiger partial charge in [-0.05, 0) is 28.2 Å². The van der Waals surface area contributed by atoms with Crippen LogP contribution in [-0.2, 0) is 0 Å². The van der Waals surface area contributed by atoms with E-state index in [9.17, 15) is 13.2 Å². The van der Waals surface area contributed by atoms with Crippen molar-refractivity contribution in [1.29, 1.82) is 0 Å². The molecule has 0 saturated carbocycles. The van der Waals surface area contributed by atoms with Crippen LogP contribution >= 0.6 is 0 Å². The van der Waals surface area contributed by atoms with Gasteiger partial charge < -0.3 is 4.90 Å². The SMILES string of the molecule is CN(C)/C=C(\C(N(C)C)N(C)C)C(F)(F)F. The Morgan fingerprint density at radius 1 is 0.938 bits per heavy atom. The fourth-order valence-electron chi connectivity index (χ4n) is 1.58. The summed E-state index contributed by atoms with van der Waals surface area (Å²) in [7, 11) is 9.65. The largest absolute Gasteiger partial charge is 0.416 e. The molecule has 0 bridgehead atoms. The van der Waals surface area contributed by atoms with Gasteiger partial charge in [0, 0.05) is 20.3 Å². The van der Waals surface area contributed by atoms with Crippen molar-refractivity contribution in [1.82, 2.24) is 14.7 Å². The number of alkyl halides is 3. The van der Waals surface area contributed by atoms with Crippen molar-refractivity contribution in [3.63, 3.8) is 0 Å². The Bertz CT molecular complexity index is 236. The van der Waals surface area contributed by atoms with E-state index in [-0.39, 0.29) is 0 Å². The zero-order valence-corrected chi connectivity index (χ0v) is 10.6. The van der Waals surface area contributed by atoms with Crippen LogP contribution < -0.4 is 0 Å². The van der Waals surface area contributed by atoms with Crippen LogP contribution in [0.25, 0.3) is 0 Å². The molecular formula is C10H20F3N3. The molecule has 16 heavy (non-hydrogen) atoms. The summed E-state index contributed by atoms with van der Waals surface area (Å²) in [5, 5.41) is 0. The van der Waals surface area contributed by atoms with Crippen LogP contribution in [0.1, 0.15) is 0 Å². The maximum atomic E-state index is 12.9. The summed E-state index contributed by atoms with van der Waals surface area (Å²) in [6.45, 7) is 0. The molecule has 0 aromatic heterocycles. The first kappa shape index (κ1) is 15.2. The molecule has 3 nitrogen and oxygen atoms in total. The first-order valence-electron chi connectivity index (χ1n) is 4.85. The number of rotatable bonds is 4. The number of halogens is 3. The zero-order valence-electron chi connectivity index (χ0n) is 10.6. The standard InChI is InChI=1S/C10H20F3N3/c1-14(2)7-8(10(11,12)13)9(15(3)4)16(5)6/h7,9H,1-6H3/b8-7+. The summed E-state index contributed by atoms with van der Waals surface area (Å²) < 4.78 is 38.7. The number of hydrogen-bond donors (Lipinski definition) is 0. The maximum absolute atomic E-state index is 12.9. The minimum atomic E-state index is -4.33. The molecule has 0 unspecified atom stereocenters. The number of likely N-dealkylation sites (N-methyl/N-ethyl adjacent to an activating group) is 2. The Morgan fingerprint density at radius 2 is 1.31 bits per heavy atom. The minimum absolute atomic E-state index is 0.576. The Morgan fingerprint density at radius 3 is 1.50 bits per heavy atom. The van der Waals surface area contributed by atoms with Crippen LogP contribution in [-0.4, -0.2) is 69.3 Å². The normalized spacial score (nSPS) is 14.1. The van der Waals surface area contributed by atoms with E-state index < -0.39 is 17.9 Å². The quantitative estimate of drug-likeness (QED) is 0.687. The van der Waals surface area contributed by atoms with Gasteiger partial charge in [-0.25, -0.2) is 0 Å². The minimum Gasteiger partial charge on any atom is -0.383 e. The second-order valence-corrected chi connectivity index (χ2v) is 4.35. The van der Waals surface area contributed by atoms with E-state index in [0.717, 1.165) is 6.20 Å². The highest BCUT2D eigenvalue weighted by molar-refractivity contribution is 5.15. The van der Waals surface area contributed by atoms with E-state index in [1.807, 2.05) is 0 Å². The van der Waals surface area contributed by atoms with E-state index in [0.29, 0.717) is 0 Å². The van der Waals surface area contributed by atoms with E-state index in [1.54, 1.807) is 42.3 Å². The Kier molecular flexibility index (Phi) is 5.28. The van der Waals surface area contributed by atoms with Gasteiger partial charge in [-0.2, -0.15) is 13.2 Å². The lowest BCUT2D eigenvalue weighted by Crippen LogP contribution is -2.46. The third kappa shape index (κ3) is 4.40. The van der Waals surface area contributed by atoms with Gasteiger partial charge in [-0.3, -0.25) is 9.80 Å². The molecule has 0 aliphatic rings. The highest BCUT2D eigenvalue weighted by Gasteiger charge is 2.40. The fourth-order valence-corrected chi connectivity index (χ4v) is 1.58. The first-order chi connectivity index (χ1) is 7.07. The number of hydrogen-bond acceptors (Lipinski definition) is 3. The van der Waals surface area contributed by atoms with E-state index in [1.165, 1.54) is 14.7 Å². The number of nitrogens with zero attached hydrogens (tertiary/aromatic N) is 3. The molecule has 0 saturated heterocycles. The van der Waals surface area contributed by atoms with Crippen molar-refractivity contribution in [2.75, 3.05) is 42.3 Å². The third-order valence-corrected chi connectivity index (χ3v) is 1.98. The molecule has 0 atom stereocenters. The van der Waals surface area contributed by atoms with E-state index >= 15 is 0 Å². The van der Waals surface area contributed by atoms with Crippen molar-refractivity contribution in [2.45, 2.75) is 12.3 Å². The van der Waals surface area contributed by atoms with Gasteiger partial charge in [0.15, 0.2) is 0 Å². The second kappa shape index (κ2) is 5.54. The summed E-state index contributed by atoms with van der Waals surface area (Å²) in [5.74, 6) is 0. The summed E-state index contributed by atoms with van der Waals surface area (Å²) in [6, 6.07) is 0. The molecule has 0 radical (unpaired) electrons. The van der Waals surface area contributed by atoms with Crippen LogP contribution in [0.15, 0.2) is 11.8 Å². The van der Waals surface area contributed by atoms with Crippen LogP contribution in [0.2, 0.25) is 0 Å².